The fourth-order valence-electron chi connectivity index (χ4n) is 2.13. The number of aromatic nitrogens is 2. The SMILES string of the molecule is CCNc1ccnc(-c2ccc(C(=O)NCCS(=O)(=O)N(C)C)cc2)n1. The molecule has 140 valence electrons. The number of hydrogen-bond donors (Lipinski definition) is 2. The monoisotopic (exact) mass is 377 g/mol. The van der Waals surface area contributed by atoms with Crippen molar-refractivity contribution in [3.63, 3.8) is 0 Å². The van der Waals surface area contributed by atoms with Crippen LogP contribution in [0.1, 0.15) is 17.3 Å². The Morgan fingerprint density at radius 2 is 1.85 bits per heavy atom. The lowest BCUT2D eigenvalue weighted by atomic mass is 10.1. The smallest absolute Gasteiger partial charge is 0.251 e. The third-order valence-corrected chi connectivity index (χ3v) is 5.45. The van der Waals surface area contributed by atoms with Crippen molar-refractivity contribution in [2.75, 3.05) is 38.3 Å². The Balaban J connectivity index is 2.00. The predicted molar refractivity (Wildman–Crippen MR) is 101 cm³/mol. The zero-order chi connectivity index (χ0) is 19.2. The zero-order valence-corrected chi connectivity index (χ0v) is 15.9. The number of sulfonamides is 1. The van der Waals surface area contributed by atoms with Gasteiger partial charge in [0.05, 0.1) is 5.75 Å². The summed E-state index contributed by atoms with van der Waals surface area (Å²) in [6.07, 6.45) is 1.67. The molecule has 8 nitrogen and oxygen atoms in total. The molecule has 0 aliphatic rings. The predicted octanol–water partition coefficient (Wildman–Crippen LogP) is 1.20. The molecule has 0 spiro atoms. The summed E-state index contributed by atoms with van der Waals surface area (Å²) in [5.74, 6) is 0.830. The van der Waals surface area contributed by atoms with E-state index in [0.717, 1.165) is 22.2 Å². The molecule has 9 heteroatoms. The van der Waals surface area contributed by atoms with E-state index in [9.17, 15) is 13.2 Å². The van der Waals surface area contributed by atoms with Crippen molar-refractivity contribution in [2.24, 2.45) is 0 Å². The fourth-order valence-corrected chi connectivity index (χ4v) is 2.85. The van der Waals surface area contributed by atoms with E-state index >= 15 is 0 Å². The van der Waals surface area contributed by atoms with Crippen LogP contribution in [0.3, 0.4) is 0 Å². The van der Waals surface area contributed by atoms with Crippen molar-refractivity contribution in [1.29, 1.82) is 0 Å². The highest BCUT2D eigenvalue weighted by molar-refractivity contribution is 7.89. The second-order valence-corrected chi connectivity index (χ2v) is 8.03. The number of nitrogens with zero attached hydrogens (tertiary/aromatic N) is 3. The molecule has 0 saturated heterocycles. The highest BCUT2D eigenvalue weighted by Crippen LogP contribution is 2.17. The Morgan fingerprint density at radius 1 is 1.15 bits per heavy atom. The second-order valence-electron chi connectivity index (χ2n) is 5.73. The average Bonchev–Trinajstić information content (AvgIpc) is 2.62. The van der Waals surface area contributed by atoms with Gasteiger partial charge >= 0.3 is 0 Å². The van der Waals surface area contributed by atoms with Gasteiger partial charge in [0.25, 0.3) is 5.91 Å². The molecule has 1 amide bonds. The van der Waals surface area contributed by atoms with E-state index in [4.69, 9.17) is 0 Å². The third kappa shape index (κ3) is 5.24. The van der Waals surface area contributed by atoms with Gasteiger partial charge in [-0.1, -0.05) is 12.1 Å². The highest BCUT2D eigenvalue weighted by atomic mass is 32.2. The summed E-state index contributed by atoms with van der Waals surface area (Å²) in [5, 5.41) is 5.73. The number of carbonyl (C=O) groups is 1. The first kappa shape index (κ1) is 19.8. The van der Waals surface area contributed by atoms with Crippen molar-refractivity contribution in [2.45, 2.75) is 6.92 Å². The van der Waals surface area contributed by atoms with Gasteiger partial charge in [-0.05, 0) is 25.1 Å². The Labute approximate surface area is 153 Å². The Morgan fingerprint density at radius 3 is 2.46 bits per heavy atom. The molecule has 1 heterocycles. The van der Waals surface area contributed by atoms with Gasteiger partial charge in [-0.2, -0.15) is 0 Å². The minimum atomic E-state index is -3.33. The van der Waals surface area contributed by atoms with Gasteiger partial charge in [-0.3, -0.25) is 4.79 Å². The molecule has 0 fully saturated rings. The number of amides is 1. The summed E-state index contributed by atoms with van der Waals surface area (Å²) < 4.78 is 24.5. The lowest BCUT2D eigenvalue weighted by Crippen LogP contribution is -2.33. The summed E-state index contributed by atoms with van der Waals surface area (Å²) in [5.41, 5.74) is 1.23. The summed E-state index contributed by atoms with van der Waals surface area (Å²) in [4.78, 5) is 20.8. The third-order valence-electron chi connectivity index (χ3n) is 3.62. The van der Waals surface area contributed by atoms with Gasteiger partial charge in [0.2, 0.25) is 10.0 Å². The molecule has 1 aromatic heterocycles. The summed E-state index contributed by atoms with van der Waals surface area (Å²) in [6.45, 7) is 2.80. The van der Waals surface area contributed by atoms with E-state index in [-0.39, 0.29) is 18.2 Å². The van der Waals surface area contributed by atoms with Crippen molar-refractivity contribution in [3.05, 3.63) is 42.1 Å². The van der Waals surface area contributed by atoms with E-state index in [1.165, 1.54) is 14.1 Å². The highest BCUT2D eigenvalue weighted by Gasteiger charge is 2.14. The minimum Gasteiger partial charge on any atom is -0.370 e. The number of benzene rings is 1. The molecule has 0 aliphatic heterocycles. The van der Waals surface area contributed by atoms with Crippen molar-refractivity contribution in [3.8, 4) is 11.4 Å². The quantitative estimate of drug-likeness (QED) is 0.716. The molecule has 2 N–H and O–H groups in total. The van der Waals surface area contributed by atoms with E-state index in [1.54, 1.807) is 36.5 Å². The molecule has 0 bridgehead atoms. The van der Waals surface area contributed by atoms with Crippen molar-refractivity contribution < 1.29 is 13.2 Å². The largest absolute Gasteiger partial charge is 0.370 e. The summed E-state index contributed by atoms with van der Waals surface area (Å²) in [7, 11) is -0.409. The fraction of sp³-hybridized carbons (Fsp3) is 0.353. The van der Waals surface area contributed by atoms with Gasteiger partial charge in [0.15, 0.2) is 5.82 Å². The van der Waals surface area contributed by atoms with Gasteiger partial charge in [0, 0.05) is 44.5 Å². The Bertz CT molecular complexity index is 851. The lowest BCUT2D eigenvalue weighted by molar-refractivity contribution is 0.0956. The first-order valence-corrected chi connectivity index (χ1v) is 9.80. The van der Waals surface area contributed by atoms with Crippen LogP contribution in [0.4, 0.5) is 5.82 Å². The van der Waals surface area contributed by atoms with Crippen LogP contribution >= 0.6 is 0 Å². The van der Waals surface area contributed by atoms with Crippen LogP contribution in [-0.2, 0) is 10.0 Å². The van der Waals surface area contributed by atoms with Crippen LogP contribution in [0.25, 0.3) is 11.4 Å². The zero-order valence-electron chi connectivity index (χ0n) is 15.1. The minimum absolute atomic E-state index is 0.0505. The number of anilines is 1. The Kier molecular flexibility index (Phi) is 6.64. The van der Waals surface area contributed by atoms with Crippen LogP contribution in [-0.4, -0.2) is 61.5 Å². The van der Waals surface area contributed by atoms with Crippen molar-refractivity contribution in [1.82, 2.24) is 19.6 Å². The summed E-state index contributed by atoms with van der Waals surface area (Å²) in [6, 6.07) is 8.63. The lowest BCUT2D eigenvalue weighted by Gasteiger charge is -2.11. The second kappa shape index (κ2) is 8.72. The van der Waals surface area contributed by atoms with E-state index in [0.29, 0.717) is 11.4 Å². The van der Waals surface area contributed by atoms with Gasteiger partial charge in [-0.25, -0.2) is 22.7 Å². The van der Waals surface area contributed by atoms with Gasteiger partial charge < -0.3 is 10.6 Å². The molecular formula is C17H23N5O3S. The first-order valence-electron chi connectivity index (χ1n) is 8.19. The molecule has 1 aromatic carbocycles. The summed E-state index contributed by atoms with van der Waals surface area (Å²) >= 11 is 0. The maximum Gasteiger partial charge on any atom is 0.251 e. The van der Waals surface area contributed by atoms with Crippen LogP contribution < -0.4 is 10.6 Å². The molecule has 0 unspecified atom stereocenters. The van der Waals surface area contributed by atoms with Crippen LogP contribution in [0.2, 0.25) is 0 Å². The normalized spacial score (nSPS) is 11.4. The molecule has 0 atom stereocenters. The van der Waals surface area contributed by atoms with Crippen LogP contribution in [0.5, 0.6) is 0 Å². The number of carbonyl (C=O) groups excluding carboxylic acids is 1. The maximum atomic E-state index is 12.1. The maximum absolute atomic E-state index is 12.1. The first-order chi connectivity index (χ1) is 12.3. The van der Waals surface area contributed by atoms with Crippen LogP contribution in [0, 0.1) is 0 Å². The molecule has 0 radical (unpaired) electrons. The molecule has 0 saturated carbocycles. The number of rotatable bonds is 8. The van der Waals surface area contributed by atoms with Gasteiger partial charge in [-0.15, -0.1) is 0 Å². The van der Waals surface area contributed by atoms with Gasteiger partial charge in [0.1, 0.15) is 5.82 Å². The molecule has 2 rings (SSSR count). The van der Waals surface area contributed by atoms with Crippen molar-refractivity contribution >= 4 is 21.7 Å². The topological polar surface area (TPSA) is 104 Å². The Hall–Kier alpha value is -2.52. The van der Waals surface area contributed by atoms with E-state index in [2.05, 4.69) is 20.6 Å². The number of hydrogen-bond acceptors (Lipinski definition) is 6. The molecule has 0 aliphatic carbocycles. The standard InChI is InChI=1S/C17H23N5O3S/c1-4-18-15-9-10-19-16(21-15)13-5-7-14(8-6-13)17(23)20-11-12-26(24,25)22(2)3/h5-10H,4,11-12H2,1-3H3,(H,20,23)(H,18,19,21). The van der Waals surface area contributed by atoms with Crippen LogP contribution in [0.15, 0.2) is 36.5 Å². The molecule has 26 heavy (non-hydrogen) atoms. The number of nitrogens with one attached hydrogen (secondary N) is 2. The van der Waals surface area contributed by atoms with E-state index < -0.39 is 10.0 Å². The molecular weight excluding hydrogens is 354 g/mol. The van der Waals surface area contributed by atoms with E-state index in [1.807, 2.05) is 6.92 Å². The molecule has 2 aromatic rings. The average molecular weight is 377 g/mol.